The van der Waals surface area contributed by atoms with Gasteiger partial charge in [-0.05, 0) is 46.2 Å². The van der Waals surface area contributed by atoms with E-state index in [0.29, 0.717) is 6.04 Å². The summed E-state index contributed by atoms with van der Waals surface area (Å²) in [6, 6.07) is 0.588. The fourth-order valence-corrected chi connectivity index (χ4v) is 1.51. The van der Waals surface area contributed by atoms with E-state index < -0.39 is 0 Å². The molecule has 1 nitrogen and oxygen atoms in total. The molecule has 1 heteroatoms. The van der Waals surface area contributed by atoms with Crippen molar-refractivity contribution in [3.05, 3.63) is 31.6 Å². The Balaban J connectivity index is 2.40. The van der Waals surface area contributed by atoms with E-state index in [1.54, 1.807) is 0 Å². The lowest BCUT2D eigenvalue weighted by molar-refractivity contribution is 0.306. The third kappa shape index (κ3) is 2.19. The molecule has 1 aliphatic carbocycles. The summed E-state index contributed by atoms with van der Waals surface area (Å²) >= 11 is 0. The molecule has 1 atom stereocenters. The largest absolute Gasteiger partial charge is 0.306 e. The van der Waals surface area contributed by atoms with Crippen molar-refractivity contribution in [2.24, 2.45) is 0 Å². The molecule has 0 N–H and O–H groups in total. The van der Waals surface area contributed by atoms with Crippen molar-refractivity contribution in [3.8, 4) is 0 Å². The number of nitrogens with zero attached hydrogens (tertiary/aromatic N) is 1. The van der Waals surface area contributed by atoms with Gasteiger partial charge in [-0.3, -0.25) is 0 Å². The monoisotopic (exact) mass is 150 g/mol. The van der Waals surface area contributed by atoms with Crippen molar-refractivity contribution < 1.29 is 0 Å². The Labute approximate surface area is 70.8 Å². The first-order chi connectivity index (χ1) is 5.25. The molecular formula is C10H16N. The molecule has 5 radical (unpaired) electrons. The predicted molar refractivity (Wildman–Crippen MR) is 48.2 cm³/mol. The minimum atomic E-state index is 0.588. The molecule has 11 heavy (non-hydrogen) atoms. The van der Waals surface area contributed by atoms with Crippen molar-refractivity contribution in [2.45, 2.75) is 19.4 Å². The van der Waals surface area contributed by atoms with E-state index in [9.17, 15) is 0 Å². The standard InChI is InChI=1S/C10H16N/c1-4-10(11(2)3)9-7-5-6-8-9/h5-8,10H,4H2,1-3H3/t10-/m1/s1. The molecule has 0 aromatic rings. The van der Waals surface area contributed by atoms with Crippen LogP contribution in [0.25, 0.3) is 0 Å². The molecule has 1 fully saturated rings. The van der Waals surface area contributed by atoms with Crippen molar-refractivity contribution in [1.29, 1.82) is 0 Å². The van der Waals surface area contributed by atoms with Crippen LogP contribution in [0, 0.1) is 31.6 Å². The van der Waals surface area contributed by atoms with Gasteiger partial charge in [0.25, 0.3) is 0 Å². The van der Waals surface area contributed by atoms with Crippen molar-refractivity contribution in [3.63, 3.8) is 0 Å². The van der Waals surface area contributed by atoms with E-state index in [1.165, 1.54) is 12.3 Å². The SMILES string of the molecule is CC[C@H]([C]1[CH][CH][CH][CH]1)N(C)C. The van der Waals surface area contributed by atoms with E-state index in [2.05, 4.69) is 51.6 Å². The molecular weight excluding hydrogens is 134 g/mol. The lowest BCUT2D eigenvalue weighted by Crippen LogP contribution is -2.32. The van der Waals surface area contributed by atoms with Crippen LogP contribution in [0.3, 0.4) is 0 Å². The van der Waals surface area contributed by atoms with Crippen LogP contribution in [0.5, 0.6) is 0 Å². The summed E-state index contributed by atoms with van der Waals surface area (Å²) in [4.78, 5) is 2.26. The normalized spacial score (nSPS) is 22.9. The van der Waals surface area contributed by atoms with Gasteiger partial charge in [-0.1, -0.05) is 6.92 Å². The van der Waals surface area contributed by atoms with Gasteiger partial charge in [0.05, 0.1) is 0 Å². The molecule has 0 bridgehead atoms. The second-order valence-electron chi connectivity index (χ2n) is 3.11. The highest BCUT2D eigenvalue weighted by atomic mass is 15.1. The molecule has 1 aliphatic rings. The molecule has 0 spiro atoms. The van der Waals surface area contributed by atoms with Crippen LogP contribution in [-0.2, 0) is 0 Å². The molecule has 0 amide bonds. The van der Waals surface area contributed by atoms with Crippen LogP contribution in [0.4, 0.5) is 0 Å². The van der Waals surface area contributed by atoms with Gasteiger partial charge in [-0.2, -0.15) is 0 Å². The first-order valence-corrected chi connectivity index (χ1v) is 4.13. The fraction of sp³-hybridized carbons (Fsp3) is 0.500. The summed E-state index contributed by atoms with van der Waals surface area (Å²) in [7, 11) is 4.25. The predicted octanol–water partition coefficient (Wildman–Crippen LogP) is 1.73. The van der Waals surface area contributed by atoms with Gasteiger partial charge >= 0.3 is 0 Å². The van der Waals surface area contributed by atoms with Gasteiger partial charge < -0.3 is 4.90 Å². The van der Waals surface area contributed by atoms with Crippen LogP contribution in [0.1, 0.15) is 13.3 Å². The highest BCUT2D eigenvalue weighted by Crippen LogP contribution is 2.29. The van der Waals surface area contributed by atoms with E-state index >= 15 is 0 Å². The maximum Gasteiger partial charge on any atom is 0.0155 e. The Morgan fingerprint density at radius 3 is 2.18 bits per heavy atom. The molecule has 0 aliphatic heterocycles. The quantitative estimate of drug-likeness (QED) is 0.592. The Morgan fingerprint density at radius 1 is 1.27 bits per heavy atom. The zero-order valence-electron chi connectivity index (χ0n) is 7.54. The Kier molecular flexibility index (Phi) is 3.38. The molecule has 1 saturated carbocycles. The highest BCUT2D eigenvalue weighted by molar-refractivity contribution is 5.38. The van der Waals surface area contributed by atoms with E-state index in [0.717, 1.165) is 0 Å². The Bertz CT molecular complexity index is 103. The Morgan fingerprint density at radius 2 is 1.82 bits per heavy atom. The zero-order chi connectivity index (χ0) is 8.27. The Hall–Kier alpha value is -0.0400. The highest BCUT2D eigenvalue weighted by Gasteiger charge is 2.26. The first-order valence-electron chi connectivity index (χ1n) is 4.13. The van der Waals surface area contributed by atoms with Gasteiger partial charge in [0.2, 0.25) is 0 Å². The van der Waals surface area contributed by atoms with Crippen molar-refractivity contribution in [2.75, 3.05) is 14.1 Å². The summed E-state index contributed by atoms with van der Waals surface area (Å²) < 4.78 is 0. The minimum absolute atomic E-state index is 0.588. The van der Waals surface area contributed by atoms with Crippen LogP contribution in [0.15, 0.2) is 0 Å². The second-order valence-corrected chi connectivity index (χ2v) is 3.11. The minimum Gasteiger partial charge on any atom is -0.306 e. The summed E-state index contributed by atoms with van der Waals surface area (Å²) in [5.41, 5.74) is 0. The van der Waals surface area contributed by atoms with Gasteiger partial charge in [-0.25, -0.2) is 0 Å². The van der Waals surface area contributed by atoms with Crippen molar-refractivity contribution in [1.82, 2.24) is 4.90 Å². The molecule has 0 aromatic heterocycles. The first kappa shape index (κ1) is 9.05. The van der Waals surface area contributed by atoms with Gasteiger partial charge in [-0.15, -0.1) is 0 Å². The lowest BCUT2D eigenvalue weighted by atomic mass is 9.95. The summed E-state index contributed by atoms with van der Waals surface area (Å²) in [6.45, 7) is 2.22. The average Bonchev–Trinajstić information content (AvgIpc) is 2.40. The van der Waals surface area contributed by atoms with E-state index in [1.807, 2.05) is 0 Å². The molecule has 61 valence electrons. The van der Waals surface area contributed by atoms with Gasteiger partial charge in [0.1, 0.15) is 0 Å². The maximum atomic E-state index is 2.26. The third-order valence-electron chi connectivity index (χ3n) is 2.08. The second kappa shape index (κ2) is 4.10. The summed E-state index contributed by atoms with van der Waals surface area (Å²) in [6.07, 6.45) is 9.75. The van der Waals surface area contributed by atoms with Crippen LogP contribution >= 0.6 is 0 Å². The fourth-order valence-electron chi connectivity index (χ4n) is 1.51. The summed E-state index contributed by atoms with van der Waals surface area (Å²) in [5, 5.41) is 0. The van der Waals surface area contributed by atoms with E-state index in [-0.39, 0.29) is 0 Å². The van der Waals surface area contributed by atoms with Crippen LogP contribution in [-0.4, -0.2) is 25.0 Å². The molecule has 0 aromatic carbocycles. The van der Waals surface area contributed by atoms with Gasteiger partial charge in [0, 0.05) is 12.0 Å². The average molecular weight is 150 g/mol. The number of rotatable bonds is 3. The molecule has 0 unspecified atom stereocenters. The molecule has 1 rings (SSSR count). The van der Waals surface area contributed by atoms with Gasteiger partial charge in [0.15, 0.2) is 0 Å². The van der Waals surface area contributed by atoms with E-state index in [4.69, 9.17) is 0 Å². The smallest absolute Gasteiger partial charge is 0.0155 e. The van der Waals surface area contributed by atoms with Crippen molar-refractivity contribution >= 4 is 0 Å². The maximum absolute atomic E-state index is 2.26. The molecule has 0 heterocycles. The molecule has 0 saturated heterocycles. The number of hydrogen-bond acceptors (Lipinski definition) is 1. The zero-order valence-corrected chi connectivity index (χ0v) is 7.54. The van der Waals surface area contributed by atoms with Crippen LogP contribution in [0.2, 0.25) is 0 Å². The topological polar surface area (TPSA) is 3.24 Å². The third-order valence-corrected chi connectivity index (χ3v) is 2.08. The number of hydrogen-bond donors (Lipinski definition) is 0. The van der Waals surface area contributed by atoms with Crippen LogP contribution < -0.4 is 0 Å². The summed E-state index contributed by atoms with van der Waals surface area (Å²) in [5.74, 6) is 1.43. The lowest BCUT2D eigenvalue weighted by Gasteiger charge is -2.27.